The number of halogens is 2. The topological polar surface area (TPSA) is 105 Å². The lowest BCUT2D eigenvalue weighted by molar-refractivity contribution is -0.145. The number of hydrogen-bond acceptors (Lipinski definition) is 4. The molecule has 34 heavy (non-hydrogen) atoms. The Morgan fingerprint density at radius 2 is 1.79 bits per heavy atom. The lowest BCUT2D eigenvalue weighted by Gasteiger charge is -2.32. The first kappa shape index (κ1) is 25.1. The van der Waals surface area contributed by atoms with E-state index in [0.29, 0.717) is 35.6 Å². The van der Waals surface area contributed by atoms with Crippen molar-refractivity contribution in [3.8, 4) is 11.3 Å². The molecule has 0 saturated heterocycles. The van der Waals surface area contributed by atoms with E-state index in [0.717, 1.165) is 25.1 Å². The second kappa shape index (κ2) is 10.3. The molecule has 1 heterocycles. The van der Waals surface area contributed by atoms with Gasteiger partial charge in [-0.1, -0.05) is 42.5 Å². The van der Waals surface area contributed by atoms with Gasteiger partial charge in [0.15, 0.2) is 10.7 Å². The first-order chi connectivity index (χ1) is 16.2. The third-order valence-corrected chi connectivity index (χ3v) is 8.91. The summed E-state index contributed by atoms with van der Waals surface area (Å²) in [6, 6.07) is 4.67. The zero-order valence-electron chi connectivity index (χ0n) is 18.9. The molecule has 2 aromatic rings. The van der Waals surface area contributed by atoms with Crippen molar-refractivity contribution in [1.82, 2.24) is 9.88 Å². The van der Waals surface area contributed by atoms with Crippen molar-refractivity contribution in [2.24, 2.45) is 11.8 Å². The van der Waals surface area contributed by atoms with Crippen LogP contribution < -0.4 is 5.32 Å². The van der Waals surface area contributed by atoms with Gasteiger partial charge in [-0.05, 0) is 56.7 Å². The zero-order chi connectivity index (χ0) is 24.6. The summed E-state index contributed by atoms with van der Waals surface area (Å²) in [4.78, 5) is 24.2. The Kier molecular flexibility index (Phi) is 7.60. The molecular weight excluding hydrogens is 499 g/mol. The molecule has 0 unspecified atom stereocenters. The number of nitrogens with one attached hydrogen (secondary N) is 1. The van der Waals surface area contributed by atoms with E-state index in [1.165, 1.54) is 25.3 Å². The Hall–Kier alpha value is -2.03. The number of carboxylic acids is 1. The highest BCUT2D eigenvalue weighted by Gasteiger charge is 2.36. The quantitative estimate of drug-likeness (QED) is 0.444. The first-order valence-corrected chi connectivity index (χ1v) is 13.5. The average Bonchev–Trinajstić information content (AvgIpc) is 3.08. The number of aliphatic carboxylic acids is 1. The molecule has 184 valence electrons. The Morgan fingerprint density at radius 1 is 1.12 bits per heavy atom. The highest BCUT2D eigenvalue weighted by molar-refractivity contribution is 7.72. The van der Waals surface area contributed by atoms with Crippen molar-refractivity contribution in [3.63, 3.8) is 0 Å². The van der Waals surface area contributed by atoms with Crippen molar-refractivity contribution < 1.29 is 23.1 Å². The molecule has 0 spiro atoms. The van der Waals surface area contributed by atoms with Gasteiger partial charge in [0.05, 0.1) is 32.1 Å². The first-order valence-electron chi connectivity index (χ1n) is 11.5. The van der Waals surface area contributed by atoms with Gasteiger partial charge in [-0.25, -0.2) is 8.42 Å². The van der Waals surface area contributed by atoms with Crippen LogP contribution in [0.25, 0.3) is 11.3 Å². The minimum atomic E-state index is -2.89. The molecule has 0 aliphatic heterocycles. The van der Waals surface area contributed by atoms with Crippen LogP contribution in [0, 0.1) is 18.8 Å². The van der Waals surface area contributed by atoms with Crippen LogP contribution in [0.5, 0.6) is 0 Å². The molecule has 0 atom stereocenters. The van der Waals surface area contributed by atoms with Gasteiger partial charge in [0.2, 0.25) is 0 Å². The van der Waals surface area contributed by atoms with E-state index >= 15 is 0 Å². The number of thiol groups is 1. The number of rotatable bonds is 7. The second-order valence-corrected chi connectivity index (χ2v) is 11.1. The van der Waals surface area contributed by atoms with Gasteiger partial charge in [-0.2, -0.15) is 0 Å². The Balaban J connectivity index is 1.69. The van der Waals surface area contributed by atoms with Gasteiger partial charge in [0.25, 0.3) is 5.91 Å². The van der Waals surface area contributed by atoms with E-state index in [1.807, 2.05) is 6.92 Å². The molecule has 2 fully saturated rings. The summed E-state index contributed by atoms with van der Waals surface area (Å²) in [5.74, 6) is -1.03. The van der Waals surface area contributed by atoms with Crippen LogP contribution in [0.2, 0.25) is 10.0 Å². The van der Waals surface area contributed by atoms with E-state index in [4.69, 9.17) is 28.3 Å². The molecule has 1 aromatic heterocycles. The molecule has 7 nitrogen and oxygen atoms in total. The maximum Gasteiger partial charge on any atom is 0.306 e. The van der Waals surface area contributed by atoms with Crippen molar-refractivity contribution in [2.45, 2.75) is 69.4 Å². The monoisotopic (exact) mass is 526 g/mol. The largest absolute Gasteiger partial charge is 0.481 e. The van der Waals surface area contributed by atoms with Crippen LogP contribution >= 0.6 is 23.2 Å². The lowest BCUT2D eigenvalue weighted by Crippen LogP contribution is -2.46. The van der Waals surface area contributed by atoms with E-state index in [1.54, 1.807) is 12.1 Å². The summed E-state index contributed by atoms with van der Waals surface area (Å²) >= 11 is 12.8. The summed E-state index contributed by atoms with van der Waals surface area (Å²) < 4.78 is 25.1. The summed E-state index contributed by atoms with van der Waals surface area (Å²) in [6.45, 7) is 2.62. The number of aromatic nitrogens is 1. The molecule has 1 amide bonds. The van der Waals surface area contributed by atoms with Crippen LogP contribution in [-0.4, -0.2) is 36.0 Å². The molecular formula is C24H28Cl2N2O5S. The fraction of sp³-hybridized carbons (Fsp3) is 0.500. The highest BCUT2D eigenvalue weighted by Crippen LogP contribution is 2.39. The standard InChI is InChI=1S/C24H28Cl2N2O5S/c1-13-18(23(29)27-16-9-15(10-16)24(30)31)11-19(28(13)12-14-5-3-2-4-6-14)17-7-8-20(34(32)33)22(26)21(17)25/h7-8,11,14-16,34H,2-6,9-10,12H2,1H3,(H,27,29)(H,30,31)/t15-,16-. The second-order valence-electron chi connectivity index (χ2n) is 9.34. The van der Waals surface area contributed by atoms with Crippen LogP contribution in [0.15, 0.2) is 23.1 Å². The minimum Gasteiger partial charge on any atom is -0.481 e. The minimum absolute atomic E-state index is 0.0291. The molecule has 10 heteroatoms. The molecule has 2 saturated carbocycles. The zero-order valence-corrected chi connectivity index (χ0v) is 21.3. The normalized spacial score (nSPS) is 20.8. The summed E-state index contributed by atoms with van der Waals surface area (Å²) in [6.07, 6.45) is 6.66. The SMILES string of the molecule is Cc1c(C(=O)N[C@H]2C[C@H](C(=O)O)C2)cc(-c2ccc([SH](=O)=O)c(Cl)c2Cl)n1CC1CCCCC1. The number of hydrogen-bond donors (Lipinski definition) is 3. The van der Waals surface area contributed by atoms with Gasteiger partial charge in [0.1, 0.15) is 0 Å². The van der Waals surface area contributed by atoms with Crippen molar-refractivity contribution in [1.29, 1.82) is 0 Å². The maximum absolute atomic E-state index is 13.1. The van der Waals surface area contributed by atoms with Crippen LogP contribution in [0.4, 0.5) is 0 Å². The highest BCUT2D eigenvalue weighted by atomic mass is 35.5. The van der Waals surface area contributed by atoms with Gasteiger partial charge < -0.3 is 15.0 Å². The van der Waals surface area contributed by atoms with Crippen molar-refractivity contribution in [2.75, 3.05) is 0 Å². The van der Waals surface area contributed by atoms with Crippen LogP contribution in [0.1, 0.15) is 61.0 Å². The Bertz CT molecular complexity index is 1190. The van der Waals surface area contributed by atoms with E-state index in [9.17, 15) is 18.0 Å². The third-order valence-electron chi connectivity index (χ3n) is 7.13. The molecule has 4 rings (SSSR count). The molecule has 2 aliphatic rings. The summed E-state index contributed by atoms with van der Waals surface area (Å²) in [7, 11) is -2.89. The fourth-order valence-corrected chi connectivity index (χ4v) is 6.21. The fourth-order valence-electron chi connectivity index (χ4n) is 5.04. The Morgan fingerprint density at radius 3 is 2.41 bits per heavy atom. The number of benzene rings is 1. The van der Waals surface area contributed by atoms with Gasteiger partial charge in [-0.15, -0.1) is 0 Å². The Labute approximate surface area is 210 Å². The maximum atomic E-state index is 13.1. The van der Waals surface area contributed by atoms with Crippen molar-refractivity contribution >= 4 is 45.8 Å². The summed E-state index contributed by atoms with van der Waals surface area (Å²) in [5, 5.41) is 12.1. The number of nitrogens with zero attached hydrogens (tertiary/aromatic N) is 1. The van der Waals surface area contributed by atoms with E-state index in [2.05, 4.69) is 9.88 Å². The number of carbonyl (C=O) groups excluding carboxylic acids is 1. The molecule has 1 aromatic carbocycles. The molecule has 0 radical (unpaired) electrons. The van der Waals surface area contributed by atoms with Crippen LogP contribution in [-0.2, 0) is 22.0 Å². The van der Waals surface area contributed by atoms with E-state index in [-0.39, 0.29) is 26.9 Å². The molecule has 2 aliphatic carbocycles. The lowest BCUT2D eigenvalue weighted by atomic mass is 9.80. The van der Waals surface area contributed by atoms with E-state index < -0.39 is 22.6 Å². The van der Waals surface area contributed by atoms with Gasteiger partial charge >= 0.3 is 5.97 Å². The predicted molar refractivity (Wildman–Crippen MR) is 131 cm³/mol. The number of amides is 1. The number of carboxylic acid groups (broad SMARTS) is 1. The average molecular weight is 527 g/mol. The van der Waals surface area contributed by atoms with Crippen molar-refractivity contribution in [3.05, 3.63) is 39.5 Å². The third kappa shape index (κ3) is 4.99. The molecule has 2 N–H and O–H groups in total. The van der Waals surface area contributed by atoms with Gasteiger partial charge in [-0.3, -0.25) is 9.59 Å². The predicted octanol–water partition coefficient (Wildman–Crippen LogP) is 4.91. The van der Waals surface area contributed by atoms with Crippen LogP contribution in [0.3, 0.4) is 0 Å². The van der Waals surface area contributed by atoms with Gasteiger partial charge in [0, 0.05) is 23.8 Å². The smallest absolute Gasteiger partial charge is 0.306 e. The number of carbonyl (C=O) groups is 2. The molecule has 0 bridgehead atoms. The summed E-state index contributed by atoms with van der Waals surface area (Å²) in [5.41, 5.74) is 2.57.